The van der Waals surface area contributed by atoms with Crippen molar-refractivity contribution >= 4 is 27.8 Å². The molecule has 1 fully saturated rings. The topological polar surface area (TPSA) is 154 Å². The molecule has 1 saturated heterocycles. The summed E-state index contributed by atoms with van der Waals surface area (Å²) < 4.78 is 44.4. The van der Waals surface area contributed by atoms with E-state index in [4.69, 9.17) is 9.84 Å². The molecule has 4 N–H and O–H groups in total. The van der Waals surface area contributed by atoms with Crippen molar-refractivity contribution in [2.75, 3.05) is 19.6 Å². The Hall–Kier alpha value is -2.57. The van der Waals surface area contributed by atoms with Gasteiger partial charge in [0.1, 0.15) is 5.82 Å². The fourth-order valence-electron chi connectivity index (χ4n) is 3.34. The summed E-state index contributed by atoms with van der Waals surface area (Å²) in [4.78, 5) is 34.8. The van der Waals surface area contributed by atoms with Crippen molar-refractivity contribution in [1.82, 2.24) is 15.4 Å². The average Bonchev–Trinajstić information content (AvgIpc) is 3.57. The summed E-state index contributed by atoms with van der Waals surface area (Å²) in [6.45, 7) is 4.87. The van der Waals surface area contributed by atoms with Crippen LogP contribution in [0, 0.1) is 17.7 Å². The van der Waals surface area contributed by atoms with Gasteiger partial charge in [-0.3, -0.25) is 9.59 Å². The highest BCUT2D eigenvalue weighted by Crippen LogP contribution is 2.23. The summed E-state index contributed by atoms with van der Waals surface area (Å²) in [5, 5.41) is 14.2. The van der Waals surface area contributed by atoms with Crippen molar-refractivity contribution in [2.45, 2.75) is 56.6 Å². The van der Waals surface area contributed by atoms with Gasteiger partial charge in [-0.25, -0.2) is 22.3 Å². The number of nitrogens with one attached hydrogen (secondary N) is 3. The first-order chi connectivity index (χ1) is 16.0. The Bertz CT molecular complexity index is 954. The van der Waals surface area contributed by atoms with E-state index in [2.05, 4.69) is 15.4 Å². The Kier molecular flexibility index (Phi) is 10.4. The number of aliphatic carboxylic acids is 1. The first kappa shape index (κ1) is 27.7. The van der Waals surface area contributed by atoms with E-state index in [9.17, 15) is 27.2 Å². The summed E-state index contributed by atoms with van der Waals surface area (Å²) in [5.74, 6) is -2.04. The third-order valence-electron chi connectivity index (χ3n) is 5.54. The van der Waals surface area contributed by atoms with Gasteiger partial charge in [0.05, 0.1) is 4.90 Å². The molecule has 1 aromatic rings. The molecule has 1 unspecified atom stereocenters. The van der Waals surface area contributed by atoms with Crippen LogP contribution in [-0.4, -0.2) is 63.2 Å². The van der Waals surface area contributed by atoms with E-state index in [0.29, 0.717) is 32.4 Å². The summed E-state index contributed by atoms with van der Waals surface area (Å²) in [7, 11) is -3.70. The molecule has 34 heavy (non-hydrogen) atoms. The van der Waals surface area contributed by atoms with Crippen molar-refractivity contribution in [1.29, 1.82) is 0 Å². The normalized spacial score (nSPS) is 18.4. The molecule has 2 amide bonds. The van der Waals surface area contributed by atoms with E-state index >= 15 is 0 Å². The summed E-state index contributed by atoms with van der Waals surface area (Å²) in [6.07, 6.45) is -0.0921. The first-order valence-electron chi connectivity index (χ1n) is 11.2. The maximum Gasteiger partial charge on any atom is 0.336 e. The number of benzene rings is 1. The highest BCUT2D eigenvalue weighted by Gasteiger charge is 2.50. The van der Waals surface area contributed by atoms with Crippen molar-refractivity contribution in [3.8, 4) is 0 Å². The molecule has 0 saturated carbocycles. The Morgan fingerprint density at radius 3 is 2.26 bits per heavy atom. The molecule has 0 bridgehead atoms. The summed E-state index contributed by atoms with van der Waals surface area (Å²) in [6, 6.07) is 4.55. The van der Waals surface area contributed by atoms with Crippen LogP contribution in [0.1, 0.15) is 39.5 Å². The zero-order valence-corrected chi connectivity index (χ0v) is 20.1. The van der Waals surface area contributed by atoms with Gasteiger partial charge < -0.3 is 20.5 Å². The minimum atomic E-state index is -3.70. The second-order valence-corrected chi connectivity index (χ2v) is 10.3. The van der Waals surface area contributed by atoms with Crippen LogP contribution < -0.4 is 15.4 Å². The largest absolute Gasteiger partial charge is 0.479 e. The Morgan fingerprint density at radius 1 is 1.03 bits per heavy atom. The van der Waals surface area contributed by atoms with Crippen LogP contribution in [0.3, 0.4) is 0 Å². The Labute approximate surface area is 198 Å². The van der Waals surface area contributed by atoms with Crippen LogP contribution >= 0.6 is 0 Å². The third-order valence-corrected chi connectivity index (χ3v) is 7.02. The highest BCUT2D eigenvalue weighted by molar-refractivity contribution is 7.89. The van der Waals surface area contributed by atoms with E-state index in [0.717, 1.165) is 12.1 Å². The van der Waals surface area contributed by atoms with Gasteiger partial charge in [-0.15, -0.1) is 0 Å². The van der Waals surface area contributed by atoms with E-state index in [1.165, 1.54) is 12.1 Å². The Morgan fingerprint density at radius 2 is 1.68 bits per heavy atom. The van der Waals surface area contributed by atoms with E-state index in [1.807, 2.05) is 13.8 Å². The van der Waals surface area contributed by atoms with Crippen LogP contribution in [0.15, 0.2) is 29.2 Å². The molecule has 190 valence electrons. The van der Waals surface area contributed by atoms with E-state index in [1.54, 1.807) is 0 Å². The van der Waals surface area contributed by atoms with Gasteiger partial charge in [-0.05, 0) is 55.4 Å². The second kappa shape index (κ2) is 12.8. The lowest BCUT2D eigenvalue weighted by molar-refractivity contribution is -0.138. The lowest BCUT2D eigenvalue weighted by Gasteiger charge is -2.20. The van der Waals surface area contributed by atoms with Crippen molar-refractivity contribution in [2.24, 2.45) is 11.8 Å². The van der Waals surface area contributed by atoms with Crippen LogP contribution in [0.4, 0.5) is 4.39 Å². The minimum Gasteiger partial charge on any atom is -0.479 e. The number of unbranched alkanes of at least 4 members (excludes halogenated alkanes) is 1. The quantitative estimate of drug-likeness (QED) is 0.207. The summed E-state index contributed by atoms with van der Waals surface area (Å²) >= 11 is 0. The van der Waals surface area contributed by atoms with Crippen molar-refractivity contribution in [3.05, 3.63) is 30.1 Å². The fourth-order valence-corrected chi connectivity index (χ4v) is 4.42. The maximum atomic E-state index is 12.9. The van der Waals surface area contributed by atoms with Crippen LogP contribution in [0.2, 0.25) is 0 Å². The van der Waals surface area contributed by atoms with E-state index in [-0.39, 0.29) is 35.6 Å². The molecular weight excluding hydrogens is 469 g/mol. The standard InChI is InChI=1S/C22H32FN3O7S/c1-14(2)15(9-12-25-21(28)19-20(33-19)22(29)30)13-18(27)24-10-3-4-11-26-34(31,32)17-7-5-16(23)6-8-17/h5-8,14-15,19-20,26H,3-4,9-13H2,1-2H3,(H,24,27)(H,25,28)(H,29,30)/t15-,19?,20+/m1/s1. The number of carbonyl (C=O) groups excluding carboxylic acids is 2. The number of sulfonamides is 1. The predicted octanol–water partition coefficient (Wildman–Crippen LogP) is 1.02. The minimum absolute atomic E-state index is 0.00974. The number of hydrogen-bond acceptors (Lipinski definition) is 6. The molecule has 1 aliphatic heterocycles. The molecule has 1 aliphatic rings. The van der Waals surface area contributed by atoms with Crippen molar-refractivity contribution < 1.29 is 37.0 Å². The predicted molar refractivity (Wildman–Crippen MR) is 121 cm³/mol. The van der Waals surface area contributed by atoms with Gasteiger partial charge in [0.2, 0.25) is 15.9 Å². The third kappa shape index (κ3) is 8.99. The van der Waals surface area contributed by atoms with Gasteiger partial charge in [0.15, 0.2) is 12.2 Å². The fraction of sp³-hybridized carbons (Fsp3) is 0.591. The number of carboxylic acid groups (broad SMARTS) is 1. The van der Waals surface area contributed by atoms with Gasteiger partial charge in [-0.2, -0.15) is 0 Å². The van der Waals surface area contributed by atoms with Crippen LogP contribution in [0.5, 0.6) is 0 Å². The van der Waals surface area contributed by atoms with Gasteiger partial charge in [0.25, 0.3) is 5.91 Å². The molecule has 1 aromatic carbocycles. The monoisotopic (exact) mass is 501 g/mol. The highest BCUT2D eigenvalue weighted by atomic mass is 32.2. The molecule has 0 spiro atoms. The maximum absolute atomic E-state index is 12.9. The molecule has 12 heteroatoms. The number of hydrogen-bond donors (Lipinski definition) is 4. The molecule has 3 atom stereocenters. The molecule has 2 rings (SSSR count). The molecule has 1 heterocycles. The lowest BCUT2D eigenvalue weighted by Crippen LogP contribution is -2.34. The van der Waals surface area contributed by atoms with Gasteiger partial charge in [-0.1, -0.05) is 13.8 Å². The van der Waals surface area contributed by atoms with Crippen LogP contribution in [-0.2, 0) is 29.1 Å². The number of amides is 2. The van der Waals surface area contributed by atoms with Crippen molar-refractivity contribution in [3.63, 3.8) is 0 Å². The number of epoxide rings is 1. The lowest BCUT2D eigenvalue weighted by atomic mass is 9.89. The zero-order valence-electron chi connectivity index (χ0n) is 19.3. The molecule has 0 radical (unpaired) electrons. The molecule has 10 nitrogen and oxygen atoms in total. The molecule has 0 aliphatic carbocycles. The number of halogens is 1. The van der Waals surface area contributed by atoms with Crippen LogP contribution in [0.25, 0.3) is 0 Å². The second-order valence-electron chi connectivity index (χ2n) is 8.51. The SMILES string of the molecule is CC(C)[C@H](CCNC(=O)C1O[C@@H]1C(=O)O)CC(=O)NCCCCNS(=O)(=O)c1ccc(F)cc1. The molecule has 0 aromatic heterocycles. The Balaban J connectivity index is 1.60. The molecular formula is C22H32FN3O7S. The number of rotatable bonds is 15. The number of carbonyl (C=O) groups is 3. The first-order valence-corrected chi connectivity index (χ1v) is 12.7. The summed E-state index contributed by atoms with van der Waals surface area (Å²) in [5.41, 5.74) is 0. The zero-order chi connectivity index (χ0) is 25.3. The van der Waals surface area contributed by atoms with Gasteiger partial charge >= 0.3 is 5.97 Å². The smallest absolute Gasteiger partial charge is 0.336 e. The van der Waals surface area contributed by atoms with E-state index < -0.39 is 39.9 Å². The average molecular weight is 502 g/mol. The van der Waals surface area contributed by atoms with Gasteiger partial charge in [0, 0.05) is 26.1 Å². The number of carboxylic acids is 1. The number of ether oxygens (including phenoxy) is 1.